The van der Waals surface area contributed by atoms with E-state index in [2.05, 4.69) is 0 Å². The van der Waals surface area contributed by atoms with Crippen molar-refractivity contribution in [3.63, 3.8) is 0 Å². The van der Waals surface area contributed by atoms with Gasteiger partial charge in [0.15, 0.2) is 0 Å². The molecule has 0 bridgehead atoms. The fourth-order valence-electron chi connectivity index (χ4n) is 2.59. The summed E-state index contributed by atoms with van der Waals surface area (Å²) in [6, 6.07) is 6.92. The first kappa shape index (κ1) is 13.4. The minimum atomic E-state index is -0.482. The van der Waals surface area contributed by atoms with E-state index in [1.165, 1.54) is 0 Å². The van der Waals surface area contributed by atoms with Crippen molar-refractivity contribution in [2.24, 2.45) is 5.73 Å². The Morgan fingerprint density at radius 1 is 1.26 bits per heavy atom. The summed E-state index contributed by atoms with van der Waals surface area (Å²) in [4.78, 5) is 25.2. The average molecular weight is 261 g/mol. The number of hydrogen-bond acceptors (Lipinski definition) is 3. The van der Waals surface area contributed by atoms with Gasteiger partial charge in [-0.3, -0.25) is 9.59 Å². The summed E-state index contributed by atoms with van der Waals surface area (Å²) in [6.45, 7) is -0.0295. The maximum atomic E-state index is 12.5. The first-order valence-electron chi connectivity index (χ1n) is 6.53. The molecule has 4 N–H and O–H groups in total. The number of benzene rings is 1. The Labute approximate surface area is 112 Å². The lowest BCUT2D eigenvalue weighted by atomic mass is 10.1. The molecule has 5 heteroatoms. The molecule has 0 radical (unpaired) electrons. The SMILES string of the molecule is NC(=O)CN(C(=O)c1cccc(N)c1)C1CCCC1. The number of nitrogens with zero attached hydrogens (tertiary/aromatic N) is 1. The van der Waals surface area contributed by atoms with Crippen LogP contribution >= 0.6 is 0 Å². The van der Waals surface area contributed by atoms with Crippen molar-refractivity contribution in [3.05, 3.63) is 29.8 Å². The van der Waals surface area contributed by atoms with E-state index in [-0.39, 0.29) is 18.5 Å². The Bertz CT molecular complexity index is 481. The van der Waals surface area contributed by atoms with Crippen LogP contribution in [-0.2, 0) is 4.79 Å². The maximum Gasteiger partial charge on any atom is 0.254 e. The summed E-state index contributed by atoms with van der Waals surface area (Å²) in [5.41, 5.74) is 12.0. The van der Waals surface area contributed by atoms with Crippen LogP contribution in [0.25, 0.3) is 0 Å². The minimum Gasteiger partial charge on any atom is -0.399 e. The Kier molecular flexibility index (Phi) is 4.04. The maximum absolute atomic E-state index is 12.5. The smallest absolute Gasteiger partial charge is 0.254 e. The van der Waals surface area contributed by atoms with Crippen LogP contribution in [0.3, 0.4) is 0 Å². The zero-order valence-electron chi connectivity index (χ0n) is 10.8. The van der Waals surface area contributed by atoms with Crippen molar-refractivity contribution in [2.45, 2.75) is 31.7 Å². The Morgan fingerprint density at radius 3 is 2.53 bits per heavy atom. The first-order chi connectivity index (χ1) is 9.08. The van der Waals surface area contributed by atoms with Crippen LogP contribution in [0.4, 0.5) is 5.69 Å². The van der Waals surface area contributed by atoms with Gasteiger partial charge in [-0.1, -0.05) is 18.9 Å². The third-order valence-electron chi connectivity index (χ3n) is 3.49. The quantitative estimate of drug-likeness (QED) is 0.796. The largest absolute Gasteiger partial charge is 0.399 e. The van der Waals surface area contributed by atoms with E-state index < -0.39 is 5.91 Å². The van der Waals surface area contributed by atoms with E-state index in [9.17, 15) is 9.59 Å². The number of rotatable bonds is 4. The number of hydrogen-bond donors (Lipinski definition) is 2. The van der Waals surface area contributed by atoms with Gasteiger partial charge in [-0.2, -0.15) is 0 Å². The Hall–Kier alpha value is -2.04. The van der Waals surface area contributed by atoms with Gasteiger partial charge < -0.3 is 16.4 Å². The van der Waals surface area contributed by atoms with Crippen molar-refractivity contribution >= 4 is 17.5 Å². The van der Waals surface area contributed by atoms with E-state index in [1.807, 2.05) is 0 Å². The lowest BCUT2D eigenvalue weighted by molar-refractivity contribution is -0.119. The third-order valence-corrected chi connectivity index (χ3v) is 3.49. The van der Waals surface area contributed by atoms with Gasteiger partial charge in [0.05, 0.1) is 6.54 Å². The van der Waals surface area contributed by atoms with Gasteiger partial charge in [0, 0.05) is 17.3 Å². The van der Waals surface area contributed by atoms with Gasteiger partial charge in [0.1, 0.15) is 0 Å². The van der Waals surface area contributed by atoms with E-state index >= 15 is 0 Å². The Balaban J connectivity index is 2.21. The molecule has 1 aliphatic rings. The minimum absolute atomic E-state index is 0.0295. The van der Waals surface area contributed by atoms with Gasteiger partial charge in [-0.15, -0.1) is 0 Å². The monoisotopic (exact) mass is 261 g/mol. The fraction of sp³-hybridized carbons (Fsp3) is 0.429. The molecule has 0 unspecified atom stereocenters. The van der Waals surface area contributed by atoms with Crippen molar-refractivity contribution in [1.82, 2.24) is 4.90 Å². The summed E-state index contributed by atoms with van der Waals surface area (Å²) in [5.74, 6) is -0.651. The highest BCUT2D eigenvalue weighted by molar-refractivity contribution is 5.97. The van der Waals surface area contributed by atoms with E-state index in [4.69, 9.17) is 11.5 Å². The zero-order valence-corrected chi connectivity index (χ0v) is 10.8. The standard InChI is InChI=1S/C14H19N3O2/c15-11-5-3-4-10(8-11)14(19)17(9-13(16)18)12-6-1-2-7-12/h3-5,8,12H,1-2,6-7,9,15H2,(H2,16,18). The number of nitrogens with two attached hydrogens (primary N) is 2. The van der Waals surface area contributed by atoms with Crippen LogP contribution in [0.5, 0.6) is 0 Å². The fourth-order valence-corrected chi connectivity index (χ4v) is 2.59. The first-order valence-corrected chi connectivity index (χ1v) is 6.53. The van der Waals surface area contributed by atoms with Gasteiger partial charge in [-0.05, 0) is 31.0 Å². The van der Waals surface area contributed by atoms with Crippen molar-refractivity contribution in [1.29, 1.82) is 0 Å². The lowest BCUT2D eigenvalue weighted by Crippen LogP contribution is -2.44. The second-order valence-electron chi connectivity index (χ2n) is 4.96. The van der Waals surface area contributed by atoms with Crippen LogP contribution < -0.4 is 11.5 Å². The second kappa shape index (κ2) is 5.73. The summed E-state index contributed by atoms with van der Waals surface area (Å²) in [5, 5.41) is 0. The summed E-state index contributed by atoms with van der Waals surface area (Å²) in [6.07, 6.45) is 4.04. The summed E-state index contributed by atoms with van der Waals surface area (Å²) in [7, 11) is 0. The van der Waals surface area contributed by atoms with Crippen LogP contribution in [0.2, 0.25) is 0 Å². The molecule has 1 aliphatic carbocycles. The number of amides is 2. The number of anilines is 1. The molecule has 102 valence electrons. The average Bonchev–Trinajstić information content (AvgIpc) is 2.88. The van der Waals surface area contributed by atoms with Crippen molar-refractivity contribution < 1.29 is 9.59 Å². The highest BCUT2D eigenvalue weighted by Crippen LogP contribution is 2.25. The van der Waals surface area contributed by atoms with E-state index in [0.29, 0.717) is 11.3 Å². The molecule has 1 saturated carbocycles. The third kappa shape index (κ3) is 3.24. The van der Waals surface area contributed by atoms with Crippen LogP contribution in [0.15, 0.2) is 24.3 Å². The number of carbonyl (C=O) groups is 2. The molecule has 0 heterocycles. The highest BCUT2D eigenvalue weighted by Gasteiger charge is 2.28. The van der Waals surface area contributed by atoms with E-state index in [1.54, 1.807) is 29.2 Å². The normalized spacial score (nSPS) is 15.4. The van der Waals surface area contributed by atoms with Gasteiger partial charge >= 0.3 is 0 Å². The molecular weight excluding hydrogens is 242 g/mol. The molecule has 5 nitrogen and oxygen atoms in total. The molecule has 1 aromatic carbocycles. The van der Waals surface area contributed by atoms with Crippen LogP contribution in [-0.4, -0.2) is 29.3 Å². The molecule has 1 fully saturated rings. The predicted molar refractivity (Wildman–Crippen MR) is 73.3 cm³/mol. The summed E-state index contributed by atoms with van der Waals surface area (Å²) >= 11 is 0. The number of nitrogen functional groups attached to an aromatic ring is 1. The van der Waals surface area contributed by atoms with Crippen molar-refractivity contribution in [3.8, 4) is 0 Å². The van der Waals surface area contributed by atoms with E-state index in [0.717, 1.165) is 25.7 Å². The van der Waals surface area contributed by atoms with Crippen LogP contribution in [0.1, 0.15) is 36.0 Å². The molecule has 2 rings (SSSR count). The van der Waals surface area contributed by atoms with Gasteiger partial charge in [0.25, 0.3) is 5.91 Å². The molecule has 19 heavy (non-hydrogen) atoms. The zero-order chi connectivity index (χ0) is 13.8. The second-order valence-corrected chi connectivity index (χ2v) is 4.96. The Morgan fingerprint density at radius 2 is 1.95 bits per heavy atom. The predicted octanol–water partition coefficient (Wildman–Crippen LogP) is 1.14. The topological polar surface area (TPSA) is 89.4 Å². The molecule has 0 saturated heterocycles. The van der Waals surface area contributed by atoms with Gasteiger partial charge in [0.2, 0.25) is 5.91 Å². The highest BCUT2D eigenvalue weighted by atomic mass is 16.2. The molecule has 0 spiro atoms. The molecule has 0 aliphatic heterocycles. The van der Waals surface area contributed by atoms with Gasteiger partial charge in [-0.25, -0.2) is 0 Å². The molecule has 1 aromatic rings. The summed E-state index contributed by atoms with van der Waals surface area (Å²) < 4.78 is 0. The molecule has 0 aromatic heterocycles. The number of carbonyl (C=O) groups excluding carboxylic acids is 2. The molecular formula is C14H19N3O2. The number of primary amides is 1. The van der Waals surface area contributed by atoms with Crippen molar-refractivity contribution in [2.75, 3.05) is 12.3 Å². The lowest BCUT2D eigenvalue weighted by Gasteiger charge is -2.27. The van der Waals surface area contributed by atoms with Crippen LogP contribution in [0, 0.1) is 0 Å². The molecule has 2 amide bonds. The molecule has 0 atom stereocenters.